The number of halogens is 1. The van der Waals surface area contributed by atoms with Crippen LogP contribution in [0.3, 0.4) is 0 Å². The molecule has 0 spiro atoms. The molecular weight excluding hydrogens is 439 g/mol. The molecule has 0 bridgehead atoms. The molecule has 0 N–H and O–H groups in total. The molecule has 0 aliphatic carbocycles. The molecule has 1 aromatic heterocycles. The molecule has 3 aromatic rings. The van der Waals surface area contributed by atoms with Gasteiger partial charge in [-0.15, -0.1) is 0 Å². The number of alkyl halides is 1. The van der Waals surface area contributed by atoms with Gasteiger partial charge in [0.05, 0.1) is 0 Å². The van der Waals surface area contributed by atoms with Crippen molar-refractivity contribution in [3.8, 4) is 28.3 Å². The number of hydrogen-bond acceptors (Lipinski definition) is 4. The molecule has 0 saturated heterocycles. The van der Waals surface area contributed by atoms with Crippen molar-refractivity contribution in [3.05, 3.63) is 66.5 Å². The normalized spacial score (nSPS) is 12.0. The molecule has 35 heavy (non-hydrogen) atoms. The zero-order chi connectivity index (χ0) is 24.7. The third kappa shape index (κ3) is 9.41. The number of benzene rings is 2. The van der Waals surface area contributed by atoms with E-state index in [0.29, 0.717) is 18.8 Å². The highest BCUT2D eigenvalue weighted by molar-refractivity contribution is 5.64. The van der Waals surface area contributed by atoms with E-state index in [-0.39, 0.29) is 6.61 Å². The fraction of sp³-hybridized carbons (Fsp3) is 0.467. The van der Waals surface area contributed by atoms with Crippen molar-refractivity contribution in [3.63, 3.8) is 0 Å². The van der Waals surface area contributed by atoms with Gasteiger partial charge >= 0.3 is 0 Å². The van der Waals surface area contributed by atoms with Crippen molar-refractivity contribution in [2.45, 2.75) is 70.9 Å². The number of nitrogens with zero attached hydrogens (tertiary/aromatic N) is 2. The van der Waals surface area contributed by atoms with Gasteiger partial charge in [0.1, 0.15) is 18.5 Å². The Labute approximate surface area is 209 Å². The molecule has 0 amide bonds. The molecule has 1 unspecified atom stereocenters. The number of unbranched alkanes of at least 4 members (excludes halogenated alkanes) is 5. The molecule has 1 atom stereocenters. The number of rotatable bonds is 16. The minimum Gasteiger partial charge on any atom is -0.491 e. The summed E-state index contributed by atoms with van der Waals surface area (Å²) in [6.45, 7) is 2.99. The van der Waals surface area contributed by atoms with Crippen LogP contribution in [0, 0.1) is 0 Å². The van der Waals surface area contributed by atoms with Gasteiger partial charge in [-0.3, -0.25) is 0 Å². The summed E-state index contributed by atoms with van der Waals surface area (Å²) >= 11 is 0. The van der Waals surface area contributed by atoms with E-state index in [0.717, 1.165) is 41.8 Å². The van der Waals surface area contributed by atoms with Gasteiger partial charge in [-0.2, -0.15) is 0 Å². The van der Waals surface area contributed by atoms with Gasteiger partial charge in [-0.25, -0.2) is 14.4 Å². The molecule has 0 saturated carbocycles. The third-order valence-electron chi connectivity index (χ3n) is 6.17. The minimum absolute atomic E-state index is 0.0712. The second-order valence-electron chi connectivity index (χ2n) is 9.08. The van der Waals surface area contributed by atoms with Crippen molar-refractivity contribution in [2.24, 2.45) is 0 Å². The number of methoxy groups -OCH3 is 1. The highest BCUT2D eigenvalue weighted by atomic mass is 19.1. The highest BCUT2D eigenvalue weighted by Gasteiger charge is 2.08. The zero-order valence-corrected chi connectivity index (χ0v) is 21.2. The average Bonchev–Trinajstić information content (AvgIpc) is 2.91. The van der Waals surface area contributed by atoms with Gasteiger partial charge in [0.25, 0.3) is 0 Å². The molecule has 5 heteroatoms. The topological polar surface area (TPSA) is 44.2 Å². The summed E-state index contributed by atoms with van der Waals surface area (Å²) in [5.74, 6) is 1.39. The van der Waals surface area contributed by atoms with Crippen molar-refractivity contribution in [1.29, 1.82) is 0 Å². The molecule has 188 valence electrons. The van der Waals surface area contributed by atoms with E-state index in [1.54, 1.807) is 7.11 Å². The molecule has 3 rings (SSSR count). The second-order valence-corrected chi connectivity index (χ2v) is 9.08. The monoisotopic (exact) mass is 478 g/mol. The lowest BCUT2D eigenvalue weighted by Crippen LogP contribution is -2.13. The minimum atomic E-state index is -0.965. The van der Waals surface area contributed by atoms with Crippen LogP contribution in [0.4, 0.5) is 4.39 Å². The lowest BCUT2D eigenvalue weighted by Gasteiger charge is -2.11. The van der Waals surface area contributed by atoms with Crippen molar-refractivity contribution in [2.75, 3.05) is 20.3 Å². The third-order valence-corrected chi connectivity index (χ3v) is 6.17. The SMILES string of the molecule is CCCCCCCc1ccc(-c2ncc(-c3ccc(OCC(F)CCCCOC)cc3)cn2)cc1. The Bertz CT molecular complexity index is 959. The highest BCUT2D eigenvalue weighted by Crippen LogP contribution is 2.24. The maximum Gasteiger partial charge on any atom is 0.159 e. The van der Waals surface area contributed by atoms with Crippen LogP contribution in [-0.2, 0) is 11.2 Å². The first kappa shape index (κ1) is 26.8. The summed E-state index contributed by atoms with van der Waals surface area (Å²) in [5, 5.41) is 0. The van der Waals surface area contributed by atoms with Gasteiger partial charge < -0.3 is 9.47 Å². The molecule has 4 nitrogen and oxygen atoms in total. The van der Waals surface area contributed by atoms with E-state index in [9.17, 15) is 4.39 Å². The number of aromatic nitrogens is 2. The molecule has 2 aromatic carbocycles. The van der Waals surface area contributed by atoms with E-state index in [2.05, 4.69) is 41.2 Å². The Kier molecular flexibility index (Phi) is 11.7. The van der Waals surface area contributed by atoms with E-state index < -0.39 is 6.17 Å². The van der Waals surface area contributed by atoms with Crippen LogP contribution in [0.15, 0.2) is 60.9 Å². The molecule has 0 radical (unpaired) electrons. The summed E-state index contributed by atoms with van der Waals surface area (Å²) in [5.41, 5.74) is 4.33. The van der Waals surface area contributed by atoms with Gasteiger partial charge in [0.2, 0.25) is 0 Å². The molecule has 1 heterocycles. The van der Waals surface area contributed by atoms with E-state index in [1.807, 2.05) is 36.7 Å². The largest absolute Gasteiger partial charge is 0.491 e. The lowest BCUT2D eigenvalue weighted by molar-refractivity contribution is 0.167. The van der Waals surface area contributed by atoms with Crippen LogP contribution >= 0.6 is 0 Å². The molecule has 0 fully saturated rings. The fourth-order valence-corrected chi connectivity index (χ4v) is 4.01. The first-order valence-electron chi connectivity index (χ1n) is 13.0. The van der Waals surface area contributed by atoms with Crippen molar-refractivity contribution in [1.82, 2.24) is 9.97 Å². The summed E-state index contributed by atoms with van der Waals surface area (Å²) in [4.78, 5) is 9.15. The Morgan fingerprint density at radius 3 is 2.14 bits per heavy atom. The van der Waals surface area contributed by atoms with Gasteiger partial charge in [-0.05, 0) is 55.4 Å². The number of aryl methyl sites for hydroxylation is 1. The van der Waals surface area contributed by atoms with Crippen LogP contribution in [0.5, 0.6) is 5.75 Å². The summed E-state index contributed by atoms with van der Waals surface area (Å²) in [7, 11) is 1.66. The van der Waals surface area contributed by atoms with Gasteiger partial charge in [0, 0.05) is 37.2 Å². The summed E-state index contributed by atoms with van der Waals surface area (Å²) < 4.78 is 24.6. The predicted octanol–water partition coefficient (Wildman–Crippen LogP) is 7.86. The lowest BCUT2D eigenvalue weighted by atomic mass is 10.0. The second kappa shape index (κ2) is 15.3. The molecule has 0 aliphatic heterocycles. The first-order chi connectivity index (χ1) is 17.2. The van der Waals surface area contributed by atoms with Crippen LogP contribution in [0.2, 0.25) is 0 Å². The quantitative estimate of drug-likeness (QED) is 0.197. The summed E-state index contributed by atoms with van der Waals surface area (Å²) in [6, 6.07) is 16.2. The average molecular weight is 479 g/mol. The molecule has 0 aliphatic rings. The Balaban J connectivity index is 1.47. The van der Waals surface area contributed by atoms with Gasteiger partial charge in [0.15, 0.2) is 5.82 Å². The fourth-order valence-electron chi connectivity index (χ4n) is 4.01. The maximum atomic E-state index is 14.0. The van der Waals surface area contributed by atoms with Gasteiger partial charge in [-0.1, -0.05) is 69.0 Å². The van der Waals surface area contributed by atoms with E-state index in [1.165, 1.54) is 37.7 Å². The zero-order valence-electron chi connectivity index (χ0n) is 21.2. The Morgan fingerprint density at radius 1 is 0.771 bits per heavy atom. The van der Waals surface area contributed by atoms with Crippen molar-refractivity contribution < 1.29 is 13.9 Å². The van der Waals surface area contributed by atoms with Crippen LogP contribution in [0.25, 0.3) is 22.5 Å². The van der Waals surface area contributed by atoms with Crippen LogP contribution < -0.4 is 4.74 Å². The Morgan fingerprint density at radius 2 is 1.46 bits per heavy atom. The van der Waals surface area contributed by atoms with E-state index >= 15 is 0 Å². The van der Waals surface area contributed by atoms with Crippen LogP contribution in [-0.4, -0.2) is 36.5 Å². The Hall–Kier alpha value is -2.79. The standard InChI is InChI=1S/C30H39FN2O2/c1-3-4-5-6-7-10-24-12-14-26(15-13-24)30-32-21-27(22-33-30)25-16-18-29(19-17-25)35-23-28(31)11-8-9-20-34-2/h12-19,21-22,28H,3-11,20,23H2,1-2H3. The smallest absolute Gasteiger partial charge is 0.159 e. The number of ether oxygens (including phenoxy) is 2. The predicted molar refractivity (Wildman–Crippen MR) is 141 cm³/mol. The summed E-state index contributed by atoms with van der Waals surface area (Å²) in [6.07, 6.45) is 12.5. The number of hydrogen-bond donors (Lipinski definition) is 0. The first-order valence-corrected chi connectivity index (χ1v) is 13.0. The van der Waals surface area contributed by atoms with Crippen molar-refractivity contribution >= 4 is 0 Å². The van der Waals surface area contributed by atoms with E-state index in [4.69, 9.17) is 9.47 Å². The molecular formula is C30H39FN2O2. The maximum absolute atomic E-state index is 14.0. The van der Waals surface area contributed by atoms with Crippen LogP contribution in [0.1, 0.15) is 63.9 Å².